The minimum atomic E-state index is -0.407. The highest BCUT2D eigenvalue weighted by Gasteiger charge is 2.01. The van der Waals surface area contributed by atoms with Crippen LogP contribution >= 0.6 is 0 Å². The third-order valence-corrected chi connectivity index (χ3v) is 5.52. The largest absolute Gasteiger partial charge is 0.371 e. The van der Waals surface area contributed by atoms with Crippen molar-refractivity contribution in [3.05, 3.63) is 53.8 Å². The summed E-state index contributed by atoms with van der Waals surface area (Å²) in [5, 5.41) is 6.20. The fourth-order valence-electron chi connectivity index (χ4n) is 3.41. The van der Waals surface area contributed by atoms with Crippen molar-refractivity contribution in [3.63, 3.8) is 0 Å². The van der Waals surface area contributed by atoms with Crippen molar-refractivity contribution in [2.24, 2.45) is 14.1 Å². The Labute approximate surface area is 187 Å². The summed E-state index contributed by atoms with van der Waals surface area (Å²) in [6.45, 7) is 1.48. The summed E-state index contributed by atoms with van der Waals surface area (Å²) in [6, 6.07) is 2.81. The Morgan fingerprint density at radius 3 is 1.22 bits per heavy atom. The number of hydrogen-bond donors (Lipinski definition) is 4. The predicted octanol–water partition coefficient (Wildman–Crippen LogP) is 1.89. The lowest BCUT2D eigenvalue weighted by molar-refractivity contribution is 0.557. The molecule has 178 valence electrons. The van der Waals surface area contributed by atoms with E-state index in [9.17, 15) is 19.2 Å². The zero-order chi connectivity index (χ0) is 23.3. The van der Waals surface area contributed by atoms with Crippen LogP contribution in [0.3, 0.4) is 0 Å². The Kier molecular flexibility index (Phi) is 10.6. The molecular weight excluding hydrogens is 412 g/mol. The highest BCUT2D eigenvalue weighted by atomic mass is 16.2. The van der Waals surface area contributed by atoms with E-state index in [0.29, 0.717) is 11.6 Å². The molecule has 4 N–H and O–H groups in total. The quantitative estimate of drug-likeness (QED) is 0.308. The zero-order valence-corrected chi connectivity index (χ0v) is 19.2. The van der Waals surface area contributed by atoms with Crippen LogP contribution in [0.25, 0.3) is 0 Å². The number of anilines is 2. The van der Waals surface area contributed by atoms with Crippen LogP contribution < -0.4 is 33.1 Å². The Morgan fingerprint density at radius 2 is 0.906 bits per heavy atom. The lowest BCUT2D eigenvalue weighted by Gasteiger charge is -2.07. The smallest absolute Gasteiger partial charge is 0.329 e. The molecule has 0 saturated heterocycles. The Bertz CT molecular complexity index is 918. The molecule has 0 aliphatic rings. The first-order valence-corrected chi connectivity index (χ1v) is 11.5. The Balaban J connectivity index is 1.40. The average Bonchev–Trinajstić information content (AvgIpc) is 2.75. The lowest BCUT2D eigenvalue weighted by Crippen LogP contribution is -2.32. The third kappa shape index (κ3) is 8.60. The van der Waals surface area contributed by atoms with E-state index in [1.165, 1.54) is 64.8 Å². The van der Waals surface area contributed by atoms with Crippen LogP contribution in [0.2, 0.25) is 0 Å². The van der Waals surface area contributed by atoms with Gasteiger partial charge in [0.15, 0.2) is 0 Å². The minimum absolute atomic E-state index is 0.313. The standard InChI is InChI=1S/C22H36N6O4/c1-27-19(29)15-17(25-21(27)31)23-13-11-9-7-5-3-4-6-8-10-12-14-24-18-16-20(30)28(2)22(32)26-18/h15-16,23-24H,3-14H2,1-2H3,(H,25,31)(H,26,32). The number of unbranched alkanes of at least 4 members (excludes halogenated alkanes) is 9. The summed E-state index contributed by atoms with van der Waals surface area (Å²) < 4.78 is 2.08. The van der Waals surface area contributed by atoms with Gasteiger partial charge >= 0.3 is 11.4 Å². The molecule has 2 rings (SSSR count). The number of rotatable bonds is 15. The molecule has 0 radical (unpaired) electrons. The van der Waals surface area contributed by atoms with E-state index in [1.807, 2.05) is 0 Å². The SMILES string of the molecule is Cn1c(=O)cc(NCCCCCCCCCCCCNc2cc(=O)n(C)c(=O)[nH]2)[nH]c1=O. The Morgan fingerprint density at radius 1 is 0.594 bits per heavy atom. The normalized spacial score (nSPS) is 10.9. The molecule has 0 atom stereocenters. The van der Waals surface area contributed by atoms with Gasteiger partial charge in [-0.2, -0.15) is 0 Å². The molecule has 0 spiro atoms. The van der Waals surface area contributed by atoms with Crippen LogP contribution in [0.15, 0.2) is 31.3 Å². The summed E-state index contributed by atoms with van der Waals surface area (Å²) in [7, 11) is 2.90. The monoisotopic (exact) mass is 448 g/mol. The van der Waals surface area contributed by atoms with E-state index in [-0.39, 0.29) is 11.1 Å². The average molecular weight is 449 g/mol. The molecule has 0 fully saturated rings. The third-order valence-electron chi connectivity index (χ3n) is 5.52. The van der Waals surface area contributed by atoms with Crippen molar-refractivity contribution < 1.29 is 0 Å². The molecule has 32 heavy (non-hydrogen) atoms. The van der Waals surface area contributed by atoms with E-state index in [4.69, 9.17) is 0 Å². The maximum absolute atomic E-state index is 11.6. The van der Waals surface area contributed by atoms with Crippen LogP contribution in [0.4, 0.5) is 11.6 Å². The van der Waals surface area contributed by atoms with E-state index in [1.54, 1.807) is 0 Å². The molecule has 0 unspecified atom stereocenters. The van der Waals surface area contributed by atoms with E-state index in [2.05, 4.69) is 20.6 Å². The van der Waals surface area contributed by atoms with Gasteiger partial charge < -0.3 is 10.6 Å². The molecule has 2 aromatic rings. The van der Waals surface area contributed by atoms with Crippen LogP contribution in [-0.2, 0) is 14.1 Å². The van der Waals surface area contributed by atoms with Crippen molar-refractivity contribution >= 4 is 11.6 Å². The van der Waals surface area contributed by atoms with Gasteiger partial charge in [0.05, 0.1) is 0 Å². The topological polar surface area (TPSA) is 134 Å². The van der Waals surface area contributed by atoms with Crippen molar-refractivity contribution in [1.82, 2.24) is 19.1 Å². The van der Waals surface area contributed by atoms with Crippen LogP contribution in [0, 0.1) is 0 Å². The van der Waals surface area contributed by atoms with Gasteiger partial charge in [-0.05, 0) is 12.8 Å². The van der Waals surface area contributed by atoms with Crippen molar-refractivity contribution in [2.45, 2.75) is 64.2 Å². The zero-order valence-electron chi connectivity index (χ0n) is 19.2. The fourth-order valence-corrected chi connectivity index (χ4v) is 3.41. The van der Waals surface area contributed by atoms with Crippen LogP contribution in [-0.4, -0.2) is 32.2 Å². The molecule has 0 aliphatic carbocycles. The predicted molar refractivity (Wildman–Crippen MR) is 128 cm³/mol. The molecule has 2 aromatic heterocycles. The number of hydrogen-bond acceptors (Lipinski definition) is 6. The molecule has 10 nitrogen and oxygen atoms in total. The van der Waals surface area contributed by atoms with Gasteiger partial charge in [0, 0.05) is 39.3 Å². The van der Waals surface area contributed by atoms with Crippen molar-refractivity contribution in [3.8, 4) is 0 Å². The van der Waals surface area contributed by atoms with Crippen molar-refractivity contribution in [1.29, 1.82) is 0 Å². The van der Waals surface area contributed by atoms with Crippen molar-refractivity contribution in [2.75, 3.05) is 23.7 Å². The van der Waals surface area contributed by atoms with E-state index >= 15 is 0 Å². The molecule has 0 saturated carbocycles. The maximum Gasteiger partial charge on any atom is 0.329 e. The van der Waals surface area contributed by atoms with E-state index in [0.717, 1.165) is 47.9 Å². The van der Waals surface area contributed by atoms with Gasteiger partial charge in [0.25, 0.3) is 11.1 Å². The number of aromatic nitrogens is 4. The first-order chi connectivity index (χ1) is 15.4. The second-order valence-corrected chi connectivity index (χ2v) is 8.16. The van der Waals surface area contributed by atoms with Crippen LogP contribution in [0.5, 0.6) is 0 Å². The van der Waals surface area contributed by atoms with Gasteiger partial charge in [0.1, 0.15) is 11.6 Å². The summed E-state index contributed by atoms with van der Waals surface area (Å²) >= 11 is 0. The number of H-pyrrole nitrogens is 2. The maximum atomic E-state index is 11.6. The minimum Gasteiger partial charge on any atom is -0.371 e. The molecule has 0 aliphatic heterocycles. The van der Waals surface area contributed by atoms with E-state index < -0.39 is 11.4 Å². The molecule has 10 heteroatoms. The number of aromatic amines is 2. The number of nitrogens with one attached hydrogen (secondary N) is 4. The summed E-state index contributed by atoms with van der Waals surface area (Å²) in [5.41, 5.74) is -1.44. The first-order valence-electron chi connectivity index (χ1n) is 11.5. The van der Waals surface area contributed by atoms with Gasteiger partial charge in [-0.25, -0.2) is 9.59 Å². The molecule has 0 amide bonds. The van der Waals surface area contributed by atoms with Crippen LogP contribution in [0.1, 0.15) is 64.2 Å². The van der Waals surface area contributed by atoms with Gasteiger partial charge in [-0.1, -0.05) is 51.4 Å². The van der Waals surface area contributed by atoms with Gasteiger partial charge in [-0.3, -0.25) is 28.7 Å². The summed E-state index contributed by atoms with van der Waals surface area (Å²) in [4.78, 5) is 51.5. The second-order valence-electron chi connectivity index (χ2n) is 8.16. The second kappa shape index (κ2) is 13.4. The summed E-state index contributed by atoms with van der Waals surface area (Å²) in [6.07, 6.45) is 11.6. The molecule has 0 bridgehead atoms. The first kappa shape index (κ1) is 25.2. The lowest BCUT2D eigenvalue weighted by atomic mass is 10.1. The molecular formula is C22H36N6O4. The van der Waals surface area contributed by atoms with Gasteiger partial charge in [-0.15, -0.1) is 0 Å². The highest BCUT2D eigenvalue weighted by molar-refractivity contribution is 5.32. The number of nitrogens with zero attached hydrogens (tertiary/aromatic N) is 2. The molecule has 0 aromatic carbocycles. The fraction of sp³-hybridized carbons (Fsp3) is 0.636. The highest BCUT2D eigenvalue weighted by Crippen LogP contribution is 2.11. The van der Waals surface area contributed by atoms with Gasteiger partial charge in [0.2, 0.25) is 0 Å². The summed E-state index contributed by atoms with van der Waals surface area (Å²) in [5.74, 6) is 0.962. The molecule has 2 heterocycles. The Hall–Kier alpha value is -3.04.